The van der Waals surface area contributed by atoms with Crippen LogP contribution in [0, 0.1) is 47.3 Å². The van der Waals surface area contributed by atoms with Gasteiger partial charge >= 0.3 is 23.9 Å². The van der Waals surface area contributed by atoms with Crippen LogP contribution in [0.1, 0.15) is 152 Å². The molecule has 17 nitrogen and oxygen atoms in total. The zero-order valence-corrected chi connectivity index (χ0v) is 38.9. The van der Waals surface area contributed by atoms with Gasteiger partial charge in [-0.3, -0.25) is 14.4 Å². The number of carbonyl (C=O) groups excluding carboxylic acids is 2. The van der Waals surface area contributed by atoms with Crippen molar-refractivity contribution in [3.05, 3.63) is 0 Å². The van der Waals surface area contributed by atoms with Crippen LogP contribution < -0.4 is 0 Å². The lowest BCUT2D eigenvalue weighted by Crippen LogP contribution is -2.70. The van der Waals surface area contributed by atoms with Gasteiger partial charge in [-0.1, -0.05) is 34.1 Å². The van der Waals surface area contributed by atoms with Crippen molar-refractivity contribution in [2.24, 2.45) is 47.3 Å². The third kappa shape index (κ3) is 8.25. The molecule has 2 aliphatic carbocycles. The Kier molecular flexibility index (Phi) is 12.9. The van der Waals surface area contributed by atoms with Crippen molar-refractivity contribution in [2.45, 2.75) is 230 Å². The number of aliphatic carboxylic acids is 1. The van der Waals surface area contributed by atoms with E-state index in [-0.39, 0.29) is 61.2 Å². The first-order valence-corrected chi connectivity index (χ1v) is 24.4. The van der Waals surface area contributed by atoms with E-state index in [0.29, 0.717) is 43.9 Å². The fraction of sp³-hybridized carbons (Fsp3) is 0.936. The maximum absolute atomic E-state index is 14.1. The van der Waals surface area contributed by atoms with Gasteiger partial charge in [0.05, 0.1) is 37.3 Å². The molecule has 0 aromatic rings. The molecule has 0 amide bonds. The van der Waals surface area contributed by atoms with Gasteiger partial charge in [-0.25, -0.2) is 19.6 Å². The van der Waals surface area contributed by atoms with E-state index < -0.39 is 95.9 Å². The summed E-state index contributed by atoms with van der Waals surface area (Å²) in [5.74, 6) is -5.48. The molecule has 0 radical (unpaired) electrons. The summed E-state index contributed by atoms with van der Waals surface area (Å²) in [4.78, 5) is 63.7. The molecule has 2 spiro atoms. The molecule has 11 rings (SSSR count). The molecule has 362 valence electrons. The number of unbranched alkanes of at least 4 members (excludes halogenated alkanes) is 1. The lowest BCUT2D eigenvalue weighted by molar-refractivity contribution is -0.571. The van der Waals surface area contributed by atoms with Gasteiger partial charge in [0.1, 0.15) is 6.10 Å². The van der Waals surface area contributed by atoms with E-state index in [0.717, 1.165) is 38.5 Å². The second-order valence-corrected chi connectivity index (χ2v) is 21.6. The highest BCUT2D eigenvalue weighted by molar-refractivity contribution is 5.71. The summed E-state index contributed by atoms with van der Waals surface area (Å²) in [5, 5.41) is 21.2. The van der Waals surface area contributed by atoms with E-state index in [2.05, 4.69) is 27.7 Å². The summed E-state index contributed by atoms with van der Waals surface area (Å²) in [6.45, 7) is 15.8. The zero-order chi connectivity index (χ0) is 45.6. The van der Waals surface area contributed by atoms with Gasteiger partial charge in [-0.15, -0.1) is 0 Å². The predicted octanol–water partition coefficient (Wildman–Crippen LogP) is 6.60. The summed E-state index contributed by atoms with van der Waals surface area (Å²) < 4.78 is 50.9. The standard InChI is InChI=1S/C47H72O17/c1-24-13-15-32-27(4)34(54-41-45(32)30(24)17-19-43(7,59-41)61-63-45)22-39(50)53-36-21-37(47(52,58-29(36)6)57-26(3)11-9-10-12-38(48)49)56-40(51)23-35-28(5)33-16-14-25(2)31-18-20-44(8)60-42(55-35)46(31,33)64-62-44/h24-37,41-42,52H,9-23H2,1-8H3,(H,48,49)/t24-,25-,26-,27-,28-,29+,30+,31+,32+,33+,34-,35-,36-,37-,41-,42-,43-,44-,45-,46-,47-/m1/s1. The van der Waals surface area contributed by atoms with Gasteiger partial charge in [0.15, 0.2) is 29.9 Å². The average molecular weight is 909 g/mol. The van der Waals surface area contributed by atoms with Crippen LogP contribution in [-0.2, 0) is 71.8 Å². The fourth-order valence-electron chi connectivity index (χ4n) is 13.6. The Balaban J connectivity index is 0.889. The first kappa shape index (κ1) is 47.1. The highest BCUT2D eigenvalue weighted by Gasteiger charge is 2.71. The highest BCUT2D eigenvalue weighted by Crippen LogP contribution is 2.62. The summed E-state index contributed by atoms with van der Waals surface area (Å²) in [6, 6.07) is 0. The number of carbonyl (C=O) groups is 3. The Bertz CT molecular complexity index is 1750. The van der Waals surface area contributed by atoms with Gasteiger partial charge in [0, 0.05) is 37.5 Å². The molecule has 2 N–H and O–H groups in total. The quantitative estimate of drug-likeness (QED) is 0.0866. The molecule has 0 aromatic carbocycles. The first-order valence-electron chi connectivity index (χ1n) is 24.4. The molecular weight excluding hydrogens is 836 g/mol. The van der Waals surface area contributed by atoms with E-state index in [1.165, 1.54) is 0 Å². The van der Waals surface area contributed by atoms with Crippen molar-refractivity contribution in [1.29, 1.82) is 0 Å². The molecule has 11 aliphatic rings. The molecule has 2 saturated carbocycles. The number of rotatable bonds is 13. The Hall–Kier alpha value is -2.03. The Morgan fingerprint density at radius 2 is 1.19 bits per heavy atom. The maximum Gasteiger partial charge on any atom is 0.320 e. The number of carboxylic acid groups (broad SMARTS) is 1. The van der Waals surface area contributed by atoms with Crippen LogP contribution in [-0.4, -0.2) is 106 Å². The zero-order valence-electron chi connectivity index (χ0n) is 38.9. The van der Waals surface area contributed by atoms with Crippen molar-refractivity contribution in [3.8, 4) is 0 Å². The lowest BCUT2D eigenvalue weighted by Gasteiger charge is -2.60. The lowest BCUT2D eigenvalue weighted by atomic mass is 9.57. The van der Waals surface area contributed by atoms with Crippen LogP contribution in [0.3, 0.4) is 0 Å². The third-order valence-electron chi connectivity index (χ3n) is 17.2. The fourth-order valence-corrected chi connectivity index (χ4v) is 13.6. The second kappa shape index (κ2) is 17.5. The smallest absolute Gasteiger partial charge is 0.320 e. The minimum atomic E-state index is -2.40. The van der Waals surface area contributed by atoms with Crippen LogP contribution in [0.25, 0.3) is 0 Å². The van der Waals surface area contributed by atoms with E-state index >= 15 is 0 Å². The molecule has 9 aliphatic heterocycles. The summed E-state index contributed by atoms with van der Waals surface area (Å²) in [7, 11) is 0. The first-order chi connectivity index (χ1) is 30.3. The summed E-state index contributed by atoms with van der Waals surface area (Å²) in [6.07, 6.45) is 1.51. The van der Waals surface area contributed by atoms with Crippen LogP contribution in [0.5, 0.6) is 0 Å². The van der Waals surface area contributed by atoms with Crippen molar-refractivity contribution < 1.29 is 82.0 Å². The largest absolute Gasteiger partial charge is 0.481 e. The number of esters is 2. The monoisotopic (exact) mass is 908 g/mol. The highest BCUT2D eigenvalue weighted by atomic mass is 17.3. The van der Waals surface area contributed by atoms with Gasteiger partial charge < -0.3 is 48.1 Å². The molecule has 0 aromatic heterocycles. The van der Waals surface area contributed by atoms with Crippen LogP contribution in [0.15, 0.2) is 0 Å². The van der Waals surface area contributed by atoms with Crippen LogP contribution in [0.4, 0.5) is 0 Å². The molecule has 11 fully saturated rings. The van der Waals surface area contributed by atoms with Gasteiger partial charge in [0.25, 0.3) is 0 Å². The molecular formula is C47H72O17. The van der Waals surface area contributed by atoms with Crippen LogP contribution in [0.2, 0.25) is 0 Å². The third-order valence-corrected chi connectivity index (χ3v) is 17.2. The molecule has 21 atom stereocenters. The van der Waals surface area contributed by atoms with Crippen molar-refractivity contribution >= 4 is 17.9 Å². The number of fused-ring (bicyclic) bond motifs is 4. The summed E-state index contributed by atoms with van der Waals surface area (Å²) >= 11 is 0. The predicted molar refractivity (Wildman–Crippen MR) is 219 cm³/mol. The van der Waals surface area contributed by atoms with E-state index in [4.69, 9.17) is 62.6 Å². The number of carboxylic acids is 1. The minimum absolute atomic E-state index is 0.00415. The Morgan fingerprint density at radius 1 is 0.672 bits per heavy atom. The molecule has 9 heterocycles. The molecule has 0 unspecified atom stereocenters. The number of ether oxygens (including phenoxy) is 8. The Morgan fingerprint density at radius 3 is 1.70 bits per heavy atom. The normalized spacial score (nSPS) is 50.9. The number of hydrogen-bond donors (Lipinski definition) is 2. The van der Waals surface area contributed by atoms with E-state index in [9.17, 15) is 19.5 Å². The topological polar surface area (TPSA) is 202 Å². The molecule has 17 heteroatoms. The van der Waals surface area contributed by atoms with Gasteiger partial charge in [0.2, 0.25) is 11.6 Å². The van der Waals surface area contributed by atoms with E-state index in [1.807, 2.05) is 13.8 Å². The molecule has 64 heavy (non-hydrogen) atoms. The minimum Gasteiger partial charge on any atom is -0.481 e. The second-order valence-electron chi connectivity index (χ2n) is 21.6. The average Bonchev–Trinajstić information content (AvgIpc) is 3.60. The van der Waals surface area contributed by atoms with Crippen molar-refractivity contribution in [2.75, 3.05) is 0 Å². The number of aliphatic hydroxyl groups is 1. The molecule has 9 saturated heterocycles. The Labute approximate surface area is 376 Å². The van der Waals surface area contributed by atoms with Gasteiger partial charge in [-0.2, -0.15) is 0 Å². The van der Waals surface area contributed by atoms with Gasteiger partial charge in [-0.05, 0) is 115 Å². The van der Waals surface area contributed by atoms with Crippen LogP contribution >= 0.6 is 0 Å². The van der Waals surface area contributed by atoms with Crippen molar-refractivity contribution in [3.63, 3.8) is 0 Å². The van der Waals surface area contributed by atoms with E-state index in [1.54, 1.807) is 13.8 Å². The summed E-state index contributed by atoms with van der Waals surface area (Å²) in [5.41, 5.74) is -1.56. The SMILES string of the molecule is C[C@H]1[C@@H](CC(=O)O[C@@H]2C[C@@H](OC(=O)C[C@H]3O[C@@H]4O[C@@]5(C)CC[C@H]6[C@H](C)CC[C@@H]([C@H]3C)[C@@]46OO5)[C@@](O)(O[C@H](C)CCCCC(=O)O)O[C@H]2C)O[C@@H]2O[C@@]3(C)CC[C@H]4[C@H](C)CC[C@@H]1[C@@]24OO3. The number of hydrogen-bond acceptors (Lipinski definition) is 16. The maximum atomic E-state index is 14.1. The molecule has 4 bridgehead atoms. The van der Waals surface area contributed by atoms with Crippen molar-refractivity contribution in [1.82, 2.24) is 0 Å².